The SMILES string of the molecule is CC(C)(C)C1CCc2sc(C(=O)NNC(=O)CCn3c(=S)[nH]c4ccccc4c3=O)cc2C1. The van der Waals surface area contributed by atoms with Crippen LogP contribution in [0.25, 0.3) is 10.9 Å². The number of benzene rings is 1. The van der Waals surface area contributed by atoms with Gasteiger partial charge in [0, 0.05) is 17.8 Å². The Hall–Kier alpha value is -2.78. The second kappa shape index (κ2) is 9.23. The van der Waals surface area contributed by atoms with Gasteiger partial charge in [-0.15, -0.1) is 11.3 Å². The topological polar surface area (TPSA) is 96.0 Å². The molecule has 1 aliphatic carbocycles. The summed E-state index contributed by atoms with van der Waals surface area (Å²) in [6.45, 7) is 6.90. The highest BCUT2D eigenvalue weighted by molar-refractivity contribution is 7.71. The Kier molecular flexibility index (Phi) is 6.54. The molecule has 3 N–H and O–H groups in total. The summed E-state index contributed by atoms with van der Waals surface area (Å²) in [5, 5.41) is 0.509. The number of amides is 2. The van der Waals surface area contributed by atoms with Crippen LogP contribution in [0.1, 0.15) is 53.7 Å². The van der Waals surface area contributed by atoms with Gasteiger partial charge in [0.15, 0.2) is 4.77 Å². The smallest absolute Gasteiger partial charge is 0.279 e. The molecule has 1 aromatic carbocycles. The van der Waals surface area contributed by atoms with Crippen molar-refractivity contribution in [3.05, 3.63) is 60.8 Å². The molecule has 0 saturated carbocycles. The second-order valence-electron chi connectivity index (χ2n) is 9.55. The molecular formula is C24H28N4O3S2. The Labute approximate surface area is 201 Å². The third kappa shape index (κ3) is 5.09. The quantitative estimate of drug-likeness (QED) is 0.383. The first-order valence-corrected chi connectivity index (χ1v) is 12.3. The van der Waals surface area contributed by atoms with E-state index in [0.29, 0.717) is 21.7 Å². The van der Waals surface area contributed by atoms with E-state index in [0.717, 1.165) is 19.3 Å². The first kappa shape index (κ1) is 23.4. The number of rotatable bonds is 4. The number of para-hydroxylation sites is 1. The molecule has 7 nitrogen and oxygen atoms in total. The summed E-state index contributed by atoms with van der Waals surface area (Å²) in [4.78, 5) is 42.4. The van der Waals surface area contributed by atoms with Crippen LogP contribution in [0.3, 0.4) is 0 Å². The van der Waals surface area contributed by atoms with Gasteiger partial charge in [0.25, 0.3) is 11.5 Å². The number of carbonyl (C=O) groups is 2. The number of nitrogens with one attached hydrogen (secondary N) is 3. The highest BCUT2D eigenvalue weighted by atomic mass is 32.1. The van der Waals surface area contributed by atoms with Crippen molar-refractivity contribution in [2.45, 2.75) is 53.0 Å². The van der Waals surface area contributed by atoms with Crippen LogP contribution in [-0.2, 0) is 24.2 Å². The number of thiophene rings is 1. The lowest BCUT2D eigenvalue weighted by molar-refractivity contribution is -0.122. The number of hydrazine groups is 1. The summed E-state index contributed by atoms with van der Waals surface area (Å²) >= 11 is 6.77. The second-order valence-corrected chi connectivity index (χ2v) is 11.1. The van der Waals surface area contributed by atoms with Crippen LogP contribution < -0.4 is 16.4 Å². The monoisotopic (exact) mass is 484 g/mol. The van der Waals surface area contributed by atoms with E-state index in [1.807, 2.05) is 12.1 Å². The van der Waals surface area contributed by atoms with E-state index in [9.17, 15) is 14.4 Å². The number of H-pyrrole nitrogens is 1. The molecule has 4 rings (SSSR count). The Balaban J connectivity index is 1.34. The molecule has 1 atom stereocenters. The summed E-state index contributed by atoms with van der Waals surface area (Å²) < 4.78 is 1.62. The largest absolute Gasteiger partial charge is 0.332 e. The summed E-state index contributed by atoms with van der Waals surface area (Å²) in [7, 11) is 0. The third-order valence-electron chi connectivity index (χ3n) is 6.30. The Morgan fingerprint density at radius 2 is 2.00 bits per heavy atom. The van der Waals surface area contributed by atoms with Crippen molar-refractivity contribution in [3.63, 3.8) is 0 Å². The summed E-state index contributed by atoms with van der Waals surface area (Å²) in [6, 6.07) is 9.04. The van der Waals surface area contributed by atoms with Crippen LogP contribution >= 0.6 is 23.6 Å². The Morgan fingerprint density at radius 3 is 2.76 bits per heavy atom. The van der Waals surface area contributed by atoms with E-state index in [4.69, 9.17) is 12.2 Å². The lowest BCUT2D eigenvalue weighted by atomic mass is 9.72. The normalized spacial score (nSPS) is 15.8. The molecule has 0 aliphatic heterocycles. The zero-order valence-corrected chi connectivity index (χ0v) is 20.6. The molecule has 0 fully saturated rings. The predicted octanol–water partition coefficient (Wildman–Crippen LogP) is 4.12. The molecule has 1 aliphatic rings. The standard InChI is InChI=1S/C24H28N4O3S2/c1-24(2,3)15-8-9-18-14(12-15)13-19(33-18)21(30)27-26-20(29)10-11-28-22(31)16-6-4-5-7-17(16)25-23(28)32/h4-7,13,15H,8-12H2,1-3H3,(H,25,32)(H,26,29)(H,27,30). The molecule has 0 bridgehead atoms. The maximum atomic E-state index is 12.7. The van der Waals surface area contributed by atoms with Gasteiger partial charge in [0.2, 0.25) is 5.91 Å². The highest BCUT2D eigenvalue weighted by Crippen LogP contribution is 2.40. The Bertz CT molecular complexity index is 1330. The van der Waals surface area contributed by atoms with Gasteiger partial charge in [-0.25, -0.2) is 0 Å². The van der Waals surface area contributed by atoms with Crippen molar-refractivity contribution in [1.82, 2.24) is 20.4 Å². The van der Waals surface area contributed by atoms with Crippen LogP contribution in [-0.4, -0.2) is 21.4 Å². The number of carbonyl (C=O) groups excluding carboxylic acids is 2. The van der Waals surface area contributed by atoms with E-state index in [-0.39, 0.29) is 34.6 Å². The van der Waals surface area contributed by atoms with Gasteiger partial charge in [0.1, 0.15) is 0 Å². The van der Waals surface area contributed by atoms with Crippen molar-refractivity contribution in [1.29, 1.82) is 0 Å². The van der Waals surface area contributed by atoms with Crippen LogP contribution in [0.15, 0.2) is 35.1 Å². The van der Waals surface area contributed by atoms with Gasteiger partial charge < -0.3 is 4.98 Å². The number of aromatic amines is 1. The maximum Gasteiger partial charge on any atom is 0.279 e. The fraction of sp³-hybridized carbons (Fsp3) is 0.417. The van der Waals surface area contributed by atoms with Gasteiger partial charge in [0.05, 0.1) is 15.8 Å². The number of hydrogen-bond acceptors (Lipinski definition) is 5. The first-order chi connectivity index (χ1) is 15.6. The summed E-state index contributed by atoms with van der Waals surface area (Å²) in [5.41, 5.74) is 6.84. The van der Waals surface area contributed by atoms with Gasteiger partial charge >= 0.3 is 0 Å². The van der Waals surface area contributed by atoms with E-state index in [1.165, 1.54) is 26.3 Å². The van der Waals surface area contributed by atoms with Crippen LogP contribution in [0.2, 0.25) is 0 Å². The van der Waals surface area contributed by atoms with E-state index >= 15 is 0 Å². The minimum atomic E-state index is -0.396. The highest BCUT2D eigenvalue weighted by Gasteiger charge is 2.30. The number of aromatic nitrogens is 2. The average Bonchev–Trinajstić information content (AvgIpc) is 3.20. The minimum absolute atomic E-state index is 0.00418. The molecule has 33 heavy (non-hydrogen) atoms. The van der Waals surface area contributed by atoms with Gasteiger partial charge in [-0.3, -0.25) is 29.8 Å². The zero-order chi connectivity index (χ0) is 23.8. The molecule has 2 amide bonds. The number of nitrogens with zero attached hydrogens (tertiary/aromatic N) is 1. The first-order valence-electron chi connectivity index (χ1n) is 11.1. The predicted molar refractivity (Wildman–Crippen MR) is 133 cm³/mol. The molecule has 3 aromatic rings. The van der Waals surface area contributed by atoms with E-state index in [2.05, 4.69) is 36.6 Å². The number of hydrogen-bond donors (Lipinski definition) is 3. The Morgan fingerprint density at radius 1 is 1.24 bits per heavy atom. The number of fused-ring (bicyclic) bond motifs is 2. The molecule has 2 heterocycles. The minimum Gasteiger partial charge on any atom is -0.332 e. The van der Waals surface area contributed by atoms with Crippen molar-refractivity contribution >= 4 is 46.3 Å². The van der Waals surface area contributed by atoms with E-state index < -0.39 is 5.91 Å². The maximum absolute atomic E-state index is 12.7. The molecular weight excluding hydrogens is 456 g/mol. The van der Waals surface area contributed by atoms with Crippen molar-refractivity contribution in [2.75, 3.05) is 0 Å². The molecule has 9 heteroatoms. The fourth-order valence-electron chi connectivity index (χ4n) is 4.24. The van der Waals surface area contributed by atoms with Crippen molar-refractivity contribution in [3.8, 4) is 0 Å². The number of aryl methyl sites for hydroxylation is 1. The zero-order valence-electron chi connectivity index (χ0n) is 19.0. The average molecular weight is 485 g/mol. The molecule has 2 aromatic heterocycles. The molecule has 0 radical (unpaired) electrons. The summed E-state index contributed by atoms with van der Waals surface area (Å²) in [6.07, 6.45) is 3.11. The van der Waals surface area contributed by atoms with Crippen molar-refractivity contribution < 1.29 is 9.59 Å². The van der Waals surface area contributed by atoms with Crippen LogP contribution in [0.4, 0.5) is 0 Å². The lowest BCUT2D eigenvalue weighted by Gasteiger charge is -2.33. The van der Waals surface area contributed by atoms with Gasteiger partial charge in [-0.05, 0) is 66.6 Å². The molecule has 0 spiro atoms. The molecule has 1 unspecified atom stereocenters. The van der Waals surface area contributed by atoms with Crippen molar-refractivity contribution in [2.24, 2.45) is 11.3 Å². The fourth-order valence-corrected chi connectivity index (χ4v) is 5.63. The lowest BCUT2D eigenvalue weighted by Crippen LogP contribution is -2.42. The van der Waals surface area contributed by atoms with Gasteiger partial charge in [-0.1, -0.05) is 32.9 Å². The molecule has 174 valence electrons. The van der Waals surface area contributed by atoms with E-state index in [1.54, 1.807) is 18.2 Å². The summed E-state index contributed by atoms with van der Waals surface area (Å²) in [5.74, 6) is -0.123. The van der Waals surface area contributed by atoms with Gasteiger partial charge in [-0.2, -0.15) is 0 Å². The third-order valence-corrected chi connectivity index (χ3v) is 7.86. The van der Waals surface area contributed by atoms with Crippen LogP contribution in [0.5, 0.6) is 0 Å². The van der Waals surface area contributed by atoms with Crippen LogP contribution in [0, 0.1) is 16.1 Å². The molecule has 0 saturated heterocycles.